The molecule has 0 aliphatic heterocycles. The average molecular weight is 413 g/mol. The normalized spacial score (nSPS) is 10.6. The number of amides is 1. The number of aromatic amines is 1. The summed E-state index contributed by atoms with van der Waals surface area (Å²) in [6.45, 7) is 2.47. The standard InChI is InChI=1S/C22H24FN3O4/c1-15-20(22(28)26(25-15)17-5-3-16(23)4-6-17)11-12-21(27)24-13-14-30-19-9-7-18(29-2)8-10-19/h3-10,25H,11-14H2,1-2H3,(H,24,27). The number of methoxy groups -OCH3 is 1. The summed E-state index contributed by atoms with van der Waals surface area (Å²) < 4.78 is 25.1. The summed E-state index contributed by atoms with van der Waals surface area (Å²) in [4.78, 5) is 24.7. The molecule has 3 aromatic rings. The fraction of sp³-hybridized carbons (Fsp3) is 0.273. The second kappa shape index (κ2) is 9.78. The highest BCUT2D eigenvalue weighted by molar-refractivity contribution is 5.76. The lowest BCUT2D eigenvalue weighted by Gasteiger charge is -2.08. The van der Waals surface area contributed by atoms with Crippen LogP contribution in [0.15, 0.2) is 53.3 Å². The summed E-state index contributed by atoms with van der Waals surface area (Å²) in [6.07, 6.45) is 0.487. The molecule has 0 aliphatic carbocycles. The van der Waals surface area contributed by atoms with Crippen LogP contribution in [0.1, 0.15) is 17.7 Å². The van der Waals surface area contributed by atoms with Gasteiger partial charge >= 0.3 is 0 Å². The molecule has 0 atom stereocenters. The molecule has 1 aromatic heterocycles. The van der Waals surface area contributed by atoms with Crippen molar-refractivity contribution in [3.63, 3.8) is 0 Å². The van der Waals surface area contributed by atoms with Crippen molar-refractivity contribution in [2.75, 3.05) is 20.3 Å². The number of halogens is 1. The molecule has 3 rings (SSSR count). The number of H-pyrrole nitrogens is 1. The van der Waals surface area contributed by atoms with Crippen LogP contribution in [0.25, 0.3) is 5.69 Å². The van der Waals surface area contributed by atoms with Crippen LogP contribution in [0.5, 0.6) is 11.5 Å². The number of nitrogens with one attached hydrogen (secondary N) is 2. The van der Waals surface area contributed by atoms with E-state index in [-0.39, 0.29) is 23.7 Å². The second-order valence-electron chi connectivity index (χ2n) is 6.71. The summed E-state index contributed by atoms with van der Waals surface area (Å²) in [6, 6.07) is 12.8. The molecule has 0 radical (unpaired) electrons. The first-order valence-electron chi connectivity index (χ1n) is 9.58. The Morgan fingerprint density at radius 2 is 1.77 bits per heavy atom. The number of nitrogens with zero attached hydrogens (tertiary/aromatic N) is 1. The number of aromatic nitrogens is 2. The molecular formula is C22H24FN3O4. The lowest BCUT2D eigenvalue weighted by Crippen LogP contribution is -2.28. The number of benzene rings is 2. The minimum absolute atomic E-state index is 0.165. The van der Waals surface area contributed by atoms with E-state index >= 15 is 0 Å². The minimum Gasteiger partial charge on any atom is -0.497 e. The Kier molecular flexibility index (Phi) is 6.90. The molecule has 0 fully saturated rings. The van der Waals surface area contributed by atoms with Gasteiger partial charge in [-0.1, -0.05) is 0 Å². The van der Waals surface area contributed by atoms with E-state index in [0.29, 0.717) is 42.3 Å². The van der Waals surface area contributed by atoms with E-state index in [2.05, 4.69) is 10.4 Å². The van der Waals surface area contributed by atoms with Gasteiger partial charge in [0, 0.05) is 17.7 Å². The zero-order valence-electron chi connectivity index (χ0n) is 16.9. The molecule has 7 nitrogen and oxygen atoms in total. The fourth-order valence-corrected chi connectivity index (χ4v) is 3.01. The van der Waals surface area contributed by atoms with E-state index < -0.39 is 0 Å². The Morgan fingerprint density at radius 3 is 2.43 bits per heavy atom. The van der Waals surface area contributed by atoms with Crippen LogP contribution >= 0.6 is 0 Å². The number of rotatable bonds is 9. The summed E-state index contributed by atoms with van der Waals surface area (Å²) >= 11 is 0. The summed E-state index contributed by atoms with van der Waals surface area (Å²) in [5, 5.41) is 5.75. The Balaban J connectivity index is 1.47. The number of carbonyl (C=O) groups is 1. The molecule has 2 aromatic carbocycles. The van der Waals surface area contributed by atoms with Gasteiger partial charge < -0.3 is 14.8 Å². The van der Waals surface area contributed by atoms with Crippen molar-refractivity contribution in [1.29, 1.82) is 0 Å². The molecule has 1 heterocycles. The van der Waals surface area contributed by atoms with Gasteiger partial charge in [-0.05, 0) is 61.9 Å². The van der Waals surface area contributed by atoms with Gasteiger partial charge in [-0.25, -0.2) is 9.07 Å². The summed E-state index contributed by atoms with van der Waals surface area (Å²) in [5.74, 6) is 0.896. The molecule has 0 saturated carbocycles. The molecule has 8 heteroatoms. The van der Waals surface area contributed by atoms with E-state index in [1.54, 1.807) is 38.3 Å². The van der Waals surface area contributed by atoms with Gasteiger partial charge in [0.25, 0.3) is 5.56 Å². The number of carbonyl (C=O) groups excluding carboxylic acids is 1. The van der Waals surface area contributed by atoms with Crippen LogP contribution < -0.4 is 20.3 Å². The van der Waals surface area contributed by atoms with Crippen molar-refractivity contribution in [3.8, 4) is 17.2 Å². The first kappa shape index (κ1) is 21.2. The van der Waals surface area contributed by atoms with E-state index in [0.717, 1.165) is 5.75 Å². The molecule has 2 N–H and O–H groups in total. The van der Waals surface area contributed by atoms with Gasteiger partial charge in [-0.3, -0.25) is 14.7 Å². The first-order valence-corrected chi connectivity index (χ1v) is 9.58. The molecule has 158 valence electrons. The van der Waals surface area contributed by atoms with Crippen LogP contribution in [0.4, 0.5) is 4.39 Å². The molecule has 0 bridgehead atoms. The monoisotopic (exact) mass is 413 g/mol. The van der Waals surface area contributed by atoms with Gasteiger partial charge in [-0.2, -0.15) is 0 Å². The summed E-state index contributed by atoms with van der Waals surface area (Å²) in [7, 11) is 1.60. The van der Waals surface area contributed by atoms with Crippen LogP contribution in [-0.2, 0) is 11.2 Å². The molecule has 0 spiro atoms. The van der Waals surface area contributed by atoms with Crippen LogP contribution in [0.3, 0.4) is 0 Å². The third kappa shape index (κ3) is 5.28. The van der Waals surface area contributed by atoms with Gasteiger partial charge in [0.15, 0.2) is 0 Å². The van der Waals surface area contributed by atoms with Crippen molar-refractivity contribution in [2.45, 2.75) is 19.8 Å². The molecular weight excluding hydrogens is 389 g/mol. The average Bonchev–Trinajstić information content (AvgIpc) is 3.04. The Labute approximate surface area is 173 Å². The Hall–Kier alpha value is -3.55. The smallest absolute Gasteiger partial charge is 0.274 e. The predicted molar refractivity (Wildman–Crippen MR) is 111 cm³/mol. The van der Waals surface area contributed by atoms with E-state index in [4.69, 9.17) is 9.47 Å². The molecule has 0 saturated heterocycles. The van der Waals surface area contributed by atoms with Crippen LogP contribution in [0, 0.1) is 12.7 Å². The van der Waals surface area contributed by atoms with Crippen molar-refractivity contribution >= 4 is 5.91 Å². The van der Waals surface area contributed by atoms with E-state index in [1.807, 2.05) is 0 Å². The van der Waals surface area contributed by atoms with Crippen LogP contribution in [-0.4, -0.2) is 35.9 Å². The zero-order valence-corrected chi connectivity index (χ0v) is 16.9. The third-order valence-corrected chi connectivity index (χ3v) is 4.63. The molecule has 30 heavy (non-hydrogen) atoms. The lowest BCUT2D eigenvalue weighted by molar-refractivity contribution is -0.121. The number of ether oxygens (including phenoxy) is 2. The number of hydrogen-bond donors (Lipinski definition) is 2. The fourth-order valence-electron chi connectivity index (χ4n) is 3.01. The quantitative estimate of drug-likeness (QED) is 0.528. The maximum Gasteiger partial charge on any atom is 0.274 e. The highest BCUT2D eigenvalue weighted by Gasteiger charge is 2.14. The number of hydrogen-bond acceptors (Lipinski definition) is 4. The topological polar surface area (TPSA) is 85.3 Å². The SMILES string of the molecule is COc1ccc(OCCNC(=O)CCc2c(C)[nH]n(-c3ccc(F)cc3)c2=O)cc1. The van der Waals surface area contributed by atoms with E-state index in [1.165, 1.54) is 28.9 Å². The largest absolute Gasteiger partial charge is 0.497 e. The second-order valence-corrected chi connectivity index (χ2v) is 6.71. The van der Waals surface area contributed by atoms with Crippen molar-refractivity contribution in [1.82, 2.24) is 15.1 Å². The molecule has 0 unspecified atom stereocenters. The van der Waals surface area contributed by atoms with Gasteiger partial charge in [-0.15, -0.1) is 0 Å². The van der Waals surface area contributed by atoms with Crippen molar-refractivity contribution < 1.29 is 18.7 Å². The Morgan fingerprint density at radius 1 is 1.10 bits per heavy atom. The third-order valence-electron chi connectivity index (χ3n) is 4.63. The Bertz CT molecular complexity index is 1040. The first-order chi connectivity index (χ1) is 14.5. The predicted octanol–water partition coefficient (Wildman–Crippen LogP) is 2.75. The zero-order chi connectivity index (χ0) is 21.5. The van der Waals surface area contributed by atoms with Gasteiger partial charge in [0.1, 0.15) is 23.9 Å². The maximum absolute atomic E-state index is 13.1. The molecule has 0 aliphatic rings. The van der Waals surface area contributed by atoms with E-state index in [9.17, 15) is 14.0 Å². The van der Waals surface area contributed by atoms with Gasteiger partial charge in [0.2, 0.25) is 5.91 Å². The number of aryl methyl sites for hydroxylation is 1. The van der Waals surface area contributed by atoms with Crippen molar-refractivity contribution in [3.05, 3.63) is 76.0 Å². The lowest BCUT2D eigenvalue weighted by atomic mass is 10.1. The highest BCUT2D eigenvalue weighted by Crippen LogP contribution is 2.16. The van der Waals surface area contributed by atoms with Crippen molar-refractivity contribution in [2.24, 2.45) is 0 Å². The maximum atomic E-state index is 13.1. The van der Waals surface area contributed by atoms with Crippen LogP contribution in [0.2, 0.25) is 0 Å². The highest BCUT2D eigenvalue weighted by atomic mass is 19.1. The summed E-state index contributed by atoms with van der Waals surface area (Å²) in [5.41, 5.74) is 1.51. The molecule has 1 amide bonds. The van der Waals surface area contributed by atoms with Gasteiger partial charge in [0.05, 0.1) is 19.3 Å². The minimum atomic E-state index is -0.372.